The highest BCUT2D eigenvalue weighted by Gasteiger charge is 2.06. The number of hydrogen-bond donors (Lipinski definition) is 2. The minimum Gasteiger partial charge on any atom is -0.497 e. The minimum absolute atomic E-state index is 0.132. The van der Waals surface area contributed by atoms with Crippen LogP contribution < -0.4 is 20.1 Å². The average molecular weight is 356 g/mol. The van der Waals surface area contributed by atoms with Crippen LogP contribution in [0.15, 0.2) is 48.5 Å². The van der Waals surface area contributed by atoms with Crippen molar-refractivity contribution in [2.75, 3.05) is 26.8 Å². The molecule has 0 bridgehead atoms. The van der Waals surface area contributed by atoms with Gasteiger partial charge in [0.05, 0.1) is 13.7 Å². The van der Waals surface area contributed by atoms with E-state index in [1.54, 1.807) is 13.2 Å². The van der Waals surface area contributed by atoms with E-state index in [-0.39, 0.29) is 24.8 Å². The Morgan fingerprint density at radius 1 is 0.962 bits per heavy atom. The van der Waals surface area contributed by atoms with Gasteiger partial charge in [-0.15, -0.1) is 0 Å². The summed E-state index contributed by atoms with van der Waals surface area (Å²) in [6.07, 6.45) is 0.222. The van der Waals surface area contributed by atoms with Crippen molar-refractivity contribution in [2.45, 2.75) is 13.3 Å². The number of rotatable bonds is 9. The second kappa shape index (κ2) is 10.1. The zero-order chi connectivity index (χ0) is 18.8. The second-order valence-electron chi connectivity index (χ2n) is 5.75. The minimum atomic E-state index is -0.177. The zero-order valence-corrected chi connectivity index (χ0v) is 15.1. The molecule has 0 aliphatic heterocycles. The van der Waals surface area contributed by atoms with Crippen molar-refractivity contribution < 1.29 is 19.1 Å². The maximum atomic E-state index is 12.0. The number of amides is 2. The van der Waals surface area contributed by atoms with E-state index in [0.717, 1.165) is 11.3 Å². The first-order chi connectivity index (χ1) is 12.6. The highest BCUT2D eigenvalue weighted by Crippen LogP contribution is 2.16. The number of hydrogen-bond acceptors (Lipinski definition) is 4. The van der Waals surface area contributed by atoms with Gasteiger partial charge in [-0.2, -0.15) is 0 Å². The molecule has 138 valence electrons. The summed E-state index contributed by atoms with van der Waals surface area (Å²) < 4.78 is 10.6. The van der Waals surface area contributed by atoms with Crippen molar-refractivity contribution in [3.63, 3.8) is 0 Å². The summed E-state index contributed by atoms with van der Waals surface area (Å²) in [6.45, 7) is 2.99. The van der Waals surface area contributed by atoms with Crippen molar-refractivity contribution in [3.05, 3.63) is 59.7 Å². The first-order valence-electron chi connectivity index (χ1n) is 8.47. The Morgan fingerprint density at radius 3 is 2.38 bits per heavy atom. The Labute approximate surface area is 153 Å². The van der Waals surface area contributed by atoms with Gasteiger partial charge in [0, 0.05) is 18.5 Å². The molecular weight excluding hydrogens is 332 g/mol. The first kappa shape index (κ1) is 19.3. The molecule has 2 rings (SSSR count). The molecule has 0 saturated heterocycles. The van der Waals surface area contributed by atoms with Gasteiger partial charge in [-0.1, -0.05) is 17.7 Å². The normalized spacial score (nSPS) is 10.1. The molecule has 0 atom stereocenters. The van der Waals surface area contributed by atoms with E-state index in [2.05, 4.69) is 10.6 Å². The van der Waals surface area contributed by atoms with Gasteiger partial charge in [0.1, 0.15) is 18.1 Å². The summed E-state index contributed by atoms with van der Waals surface area (Å²) in [5.74, 6) is 1.17. The summed E-state index contributed by atoms with van der Waals surface area (Å²) in [7, 11) is 1.61. The van der Waals surface area contributed by atoms with Crippen LogP contribution in [-0.4, -0.2) is 38.6 Å². The Balaban J connectivity index is 1.59. The largest absolute Gasteiger partial charge is 0.497 e. The van der Waals surface area contributed by atoms with Gasteiger partial charge in [0.15, 0.2) is 0 Å². The number of benzene rings is 2. The standard InChI is InChI=1S/C20H24N2O4/c1-15-4-3-5-16(14-15)20(24)22-11-10-19(23)21-12-13-26-18-8-6-17(25-2)7-9-18/h3-9,14H,10-13H2,1-2H3,(H,21,23)(H,22,24). The van der Waals surface area contributed by atoms with Gasteiger partial charge in [-0.25, -0.2) is 0 Å². The van der Waals surface area contributed by atoms with E-state index in [0.29, 0.717) is 24.5 Å². The SMILES string of the molecule is COc1ccc(OCCNC(=O)CCNC(=O)c2cccc(C)c2)cc1. The predicted molar refractivity (Wildman–Crippen MR) is 99.6 cm³/mol. The van der Waals surface area contributed by atoms with E-state index < -0.39 is 0 Å². The van der Waals surface area contributed by atoms with E-state index >= 15 is 0 Å². The molecule has 2 aromatic rings. The molecule has 0 radical (unpaired) electrons. The zero-order valence-electron chi connectivity index (χ0n) is 15.1. The molecule has 2 aromatic carbocycles. The molecule has 26 heavy (non-hydrogen) atoms. The fraction of sp³-hybridized carbons (Fsp3) is 0.300. The van der Waals surface area contributed by atoms with Crippen LogP contribution in [0.2, 0.25) is 0 Å². The number of aryl methyl sites for hydroxylation is 1. The van der Waals surface area contributed by atoms with Crippen LogP contribution in [0, 0.1) is 6.92 Å². The third kappa shape index (κ3) is 6.47. The Kier molecular flexibility index (Phi) is 7.49. The van der Waals surface area contributed by atoms with Crippen molar-refractivity contribution in [1.82, 2.24) is 10.6 Å². The van der Waals surface area contributed by atoms with Gasteiger partial charge in [-0.3, -0.25) is 9.59 Å². The Hall–Kier alpha value is -3.02. The van der Waals surface area contributed by atoms with Crippen molar-refractivity contribution in [3.8, 4) is 11.5 Å². The summed E-state index contributed by atoms with van der Waals surface area (Å²) in [5.41, 5.74) is 1.62. The predicted octanol–water partition coefficient (Wildman–Crippen LogP) is 2.32. The molecule has 2 amide bonds. The van der Waals surface area contributed by atoms with Crippen LogP contribution in [0.25, 0.3) is 0 Å². The van der Waals surface area contributed by atoms with E-state index in [1.165, 1.54) is 0 Å². The third-order valence-electron chi connectivity index (χ3n) is 3.67. The van der Waals surface area contributed by atoms with E-state index in [1.807, 2.05) is 49.4 Å². The molecule has 2 N–H and O–H groups in total. The van der Waals surface area contributed by atoms with Crippen LogP contribution in [0.4, 0.5) is 0 Å². The highest BCUT2D eigenvalue weighted by molar-refractivity contribution is 5.94. The summed E-state index contributed by atoms with van der Waals surface area (Å²) in [5, 5.41) is 5.50. The van der Waals surface area contributed by atoms with Gasteiger partial charge in [0.25, 0.3) is 5.91 Å². The van der Waals surface area contributed by atoms with Crippen molar-refractivity contribution >= 4 is 11.8 Å². The Morgan fingerprint density at radius 2 is 1.69 bits per heavy atom. The maximum Gasteiger partial charge on any atom is 0.251 e. The molecular formula is C20H24N2O4. The summed E-state index contributed by atoms with van der Waals surface area (Å²) >= 11 is 0. The van der Waals surface area contributed by atoms with E-state index in [4.69, 9.17) is 9.47 Å². The number of nitrogens with one attached hydrogen (secondary N) is 2. The van der Waals surface area contributed by atoms with Crippen LogP contribution >= 0.6 is 0 Å². The Bertz CT molecular complexity index is 729. The van der Waals surface area contributed by atoms with Gasteiger partial charge in [-0.05, 0) is 43.3 Å². The van der Waals surface area contributed by atoms with Gasteiger partial charge >= 0.3 is 0 Å². The molecule has 0 heterocycles. The highest BCUT2D eigenvalue weighted by atomic mass is 16.5. The van der Waals surface area contributed by atoms with Crippen LogP contribution in [-0.2, 0) is 4.79 Å². The molecule has 0 saturated carbocycles. The van der Waals surface area contributed by atoms with Crippen LogP contribution in [0.5, 0.6) is 11.5 Å². The number of methoxy groups -OCH3 is 1. The smallest absolute Gasteiger partial charge is 0.251 e. The van der Waals surface area contributed by atoms with Gasteiger partial charge in [0.2, 0.25) is 5.91 Å². The lowest BCUT2D eigenvalue weighted by Crippen LogP contribution is -2.32. The molecule has 0 fully saturated rings. The second-order valence-corrected chi connectivity index (χ2v) is 5.75. The molecule has 6 nitrogen and oxygen atoms in total. The lowest BCUT2D eigenvalue weighted by molar-refractivity contribution is -0.121. The number of ether oxygens (including phenoxy) is 2. The van der Waals surface area contributed by atoms with Gasteiger partial charge < -0.3 is 20.1 Å². The van der Waals surface area contributed by atoms with Crippen molar-refractivity contribution in [1.29, 1.82) is 0 Å². The lowest BCUT2D eigenvalue weighted by Gasteiger charge is -2.09. The monoisotopic (exact) mass is 356 g/mol. The van der Waals surface area contributed by atoms with E-state index in [9.17, 15) is 9.59 Å². The average Bonchev–Trinajstić information content (AvgIpc) is 2.65. The number of carbonyl (C=O) groups is 2. The molecule has 0 aliphatic carbocycles. The third-order valence-corrected chi connectivity index (χ3v) is 3.67. The lowest BCUT2D eigenvalue weighted by atomic mass is 10.1. The molecule has 0 aromatic heterocycles. The summed E-state index contributed by atoms with van der Waals surface area (Å²) in [6, 6.07) is 14.6. The molecule has 0 spiro atoms. The fourth-order valence-corrected chi connectivity index (χ4v) is 2.30. The molecule has 0 unspecified atom stereocenters. The molecule has 0 aliphatic rings. The number of carbonyl (C=O) groups excluding carboxylic acids is 2. The summed E-state index contributed by atoms with van der Waals surface area (Å²) in [4.78, 5) is 23.7. The quantitative estimate of drug-likeness (QED) is 0.676. The maximum absolute atomic E-state index is 12.0. The first-order valence-corrected chi connectivity index (χ1v) is 8.47. The van der Waals surface area contributed by atoms with Crippen LogP contribution in [0.3, 0.4) is 0 Å². The molecule has 6 heteroatoms. The van der Waals surface area contributed by atoms with Crippen molar-refractivity contribution in [2.24, 2.45) is 0 Å². The van der Waals surface area contributed by atoms with Crippen LogP contribution in [0.1, 0.15) is 22.3 Å². The fourth-order valence-electron chi connectivity index (χ4n) is 2.30. The topological polar surface area (TPSA) is 76.7 Å².